The molecule has 0 aliphatic rings. The number of nitrogens with one attached hydrogen (secondary N) is 1. The molecule has 0 radical (unpaired) electrons. The van der Waals surface area contributed by atoms with Crippen molar-refractivity contribution >= 4 is 11.9 Å². The summed E-state index contributed by atoms with van der Waals surface area (Å²) in [7, 11) is 1.33. The van der Waals surface area contributed by atoms with Crippen LogP contribution in [0, 0.1) is 5.82 Å². The number of aliphatic carboxylic acids is 1. The molecule has 0 saturated carbocycles. The van der Waals surface area contributed by atoms with Crippen molar-refractivity contribution in [1.29, 1.82) is 0 Å². The Morgan fingerprint density at radius 1 is 1.48 bits per heavy atom. The van der Waals surface area contributed by atoms with E-state index in [9.17, 15) is 14.0 Å². The lowest BCUT2D eigenvalue weighted by Gasteiger charge is -2.27. The van der Waals surface area contributed by atoms with Crippen molar-refractivity contribution in [3.05, 3.63) is 30.1 Å². The third kappa shape index (κ3) is 4.71. The summed E-state index contributed by atoms with van der Waals surface area (Å²) in [4.78, 5) is 23.2. The van der Waals surface area contributed by atoms with E-state index in [2.05, 4.69) is 5.32 Å². The molecule has 7 heteroatoms. The lowest BCUT2D eigenvalue weighted by Crippen LogP contribution is -2.57. The van der Waals surface area contributed by atoms with E-state index in [1.807, 2.05) is 0 Å². The molecule has 0 spiro atoms. The number of halogens is 1. The molecule has 0 saturated heterocycles. The standard InChI is InChI=1S/C14H18FNO5/c1-9(21-11-6-4-5-10(15)7-11)12(17)16-14(2,8-20-3)13(18)19/h4-7,9H,8H2,1-3H3,(H,16,17)(H,18,19). The minimum atomic E-state index is -1.56. The molecule has 1 amide bonds. The van der Waals surface area contributed by atoms with Crippen LogP contribution in [0.25, 0.3) is 0 Å². The normalized spacial score (nSPS) is 14.9. The van der Waals surface area contributed by atoms with Crippen molar-refractivity contribution in [3.63, 3.8) is 0 Å². The molecule has 1 aromatic rings. The highest BCUT2D eigenvalue weighted by atomic mass is 19.1. The average molecular weight is 299 g/mol. The number of carboxylic acid groups (broad SMARTS) is 1. The highest BCUT2D eigenvalue weighted by Gasteiger charge is 2.36. The van der Waals surface area contributed by atoms with Crippen LogP contribution < -0.4 is 10.1 Å². The molecule has 2 atom stereocenters. The van der Waals surface area contributed by atoms with Crippen molar-refractivity contribution in [1.82, 2.24) is 5.32 Å². The van der Waals surface area contributed by atoms with Crippen molar-refractivity contribution in [2.75, 3.05) is 13.7 Å². The summed E-state index contributed by atoms with van der Waals surface area (Å²) in [5.74, 6) is -2.17. The maximum absolute atomic E-state index is 13.0. The Labute approximate surface area is 121 Å². The summed E-state index contributed by atoms with van der Waals surface area (Å²) >= 11 is 0. The van der Waals surface area contributed by atoms with Gasteiger partial charge >= 0.3 is 5.97 Å². The summed E-state index contributed by atoms with van der Waals surface area (Å²) in [6.07, 6.45) is -0.984. The Hall–Kier alpha value is -2.15. The molecule has 0 heterocycles. The number of rotatable bonds is 7. The van der Waals surface area contributed by atoms with Gasteiger partial charge in [0.15, 0.2) is 11.6 Å². The van der Waals surface area contributed by atoms with Gasteiger partial charge in [-0.2, -0.15) is 0 Å². The molecule has 1 aromatic carbocycles. The first-order valence-electron chi connectivity index (χ1n) is 6.25. The SMILES string of the molecule is COCC(C)(NC(=O)C(C)Oc1cccc(F)c1)C(=O)O. The highest BCUT2D eigenvalue weighted by molar-refractivity contribution is 5.88. The van der Waals surface area contributed by atoms with Crippen LogP contribution in [0.2, 0.25) is 0 Å². The van der Waals surface area contributed by atoms with Crippen molar-refractivity contribution in [2.45, 2.75) is 25.5 Å². The van der Waals surface area contributed by atoms with Gasteiger partial charge < -0.3 is 19.9 Å². The zero-order valence-electron chi connectivity index (χ0n) is 12.1. The summed E-state index contributed by atoms with van der Waals surface area (Å²) in [5.41, 5.74) is -1.56. The number of carboxylic acids is 1. The van der Waals surface area contributed by atoms with E-state index in [0.29, 0.717) is 0 Å². The van der Waals surface area contributed by atoms with E-state index in [1.165, 1.54) is 39.2 Å². The molecule has 0 bridgehead atoms. The lowest BCUT2D eigenvalue weighted by molar-refractivity contribution is -0.150. The van der Waals surface area contributed by atoms with Crippen LogP contribution in [-0.4, -0.2) is 42.3 Å². The Kier molecular flexibility index (Phi) is 5.66. The molecule has 1 rings (SSSR count). The van der Waals surface area contributed by atoms with Gasteiger partial charge in [0.05, 0.1) is 6.61 Å². The summed E-state index contributed by atoms with van der Waals surface area (Å²) < 4.78 is 23.1. The molecular formula is C14H18FNO5. The monoisotopic (exact) mass is 299 g/mol. The Bertz CT molecular complexity index is 522. The summed E-state index contributed by atoms with van der Waals surface area (Å²) in [6, 6.07) is 5.33. The van der Waals surface area contributed by atoms with E-state index >= 15 is 0 Å². The number of benzene rings is 1. The van der Waals surface area contributed by atoms with Crippen molar-refractivity contribution in [2.24, 2.45) is 0 Å². The molecule has 0 aliphatic carbocycles. The summed E-state index contributed by atoms with van der Waals surface area (Å²) in [6.45, 7) is 2.57. The number of hydrogen-bond donors (Lipinski definition) is 2. The molecule has 0 aliphatic heterocycles. The van der Waals surface area contributed by atoms with Gasteiger partial charge in [-0.25, -0.2) is 9.18 Å². The Balaban J connectivity index is 2.72. The molecule has 0 aromatic heterocycles. The van der Waals surface area contributed by atoms with Crippen molar-refractivity contribution < 1.29 is 28.6 Å². The maximum atomic E-state index is 13.0. The maximum Gasteiger partial charge on any atom is 0.331 e. The van der Waals surface area contributed by atoms with Gasteiger partial charge in [-0.3, -0.25) is 4.79 Å². The van der Waals surface area contributed by atoms with Crippen LogP contribution in [0.1, 0.15) is 13.8 Å². The number of carbonyl (C=O) groups excluding carboxylic acids is 1. The fourth-order valence-corrected chi connectivity index (χ4v) is 1.61. The molecule has 6 nitrogen and oxygen atoms in total. The largest absolute Gasteiger partial charge is 0.481 e. The summed E-state index contributed by atoms with van der Waals surface area (Å²) in [5, 5.41) is 11.5. The van der Waals surface area contributed by atoms with Crippen molar-refractivity contribution in [3.8, 4) is 5.75 Å². The van der Waals surface area contributed by atoms with Crippen LogP contribution >= 0.6 is 0 Å². The average Bonchev–Trinajstić information content (AvgIpc) is 2.38. The second-order valence-electron chi connectivity index (χ2n) is 4.78. The first-order valence-corrected chi connectivity index (χ1v) is 6.25. The number of ether oxygens (including phenoxy) is 2. The van der Waals surface area contributed by atoms with Gasteiger partial charge in [0.1, 0.15) is 11.6 Å². The van der Waals surface area contributed by atoms with Crippen LogP contribution in [0.15, 0.2) is 24.3 Å². The third-order valence-electron chi connectivity index (χ3n) is 2.78. The molecule has 116 valence electrons. The Morgan fingerprint density at radius 3 is 2.67 bits per heavy atom. The quantitative estimate of drug-likeness (QED) is 0.790. The molecular weight excluding hydrogens is 281 g/mol. The fraction of sp³-hybridized carbons (Fsp3) is 0.429. The van der Waals surface area contributed by atoms with E-state index in [4.69, 9.17) is 14.6 Å². The van der Waals surface area contributed by atoms with E-state index in [0.717, 1.165) is 6.07 Å². The zero-order valence-corrected chi connectivity index (χ0v) is 12.1. The van der Waals surface area contributed by atoms with Gasteiger partial charge in [0.25, 0.3) is 5.91 Å². The highest BCUT2D eigenvalue weighted by Crippen LogP contribution is 2.14. The third-order valence-corrected chi connectivity index (χ3v) is 2.78. The van der Waals surface area contributed by atoms with Crippen LogP contribution in [0.3, 0.4) is 0 Å². The minimum absolute atomic E-state index is 0.182. The predicted molar refractivity (Wildman–Crippen MR) is 72.5 cm³/mol. The second-order valence-corrected chi connectivity index (χ2v) is 4.78. The van der Waals surface area contributed by atoms with Gasteiger partial charge in [-0.1, -0.05) is 6.07 Å². The van der Waals surface area contributed by atoms with E-state index < -0.39 is 29.3 Å². The van der Waals surface area contributed by atoms with E-state index in [-0.39, 0.29) is 12.4 Å². The first kappa shape index (κ1) is 16.9. The second kappa shape index (κ2) is 7.03. The molecule has 2 unspecified atom stereocenters. The zero-order chi connectivity index (χ0) is 16.0. The number of amides is 1. The van der Waals surface area contributed by atoms with E-state index in [1.54, 1.807) is 0 Å². The first-order chi connectivity index (χ1) is 9.78. The molecule has 2 N–H and O–H groups in total. The Morgan fingerprint density at radius 2 is 2.14 bits per heavy atom. The topological polar surface area (TPSA) is 84.9 Å². The fourth-order valence-electron chi connectivity index (χ4n) is 1.61. The van der Waals surface area contributed by atoms with Crippen LogP contribution in [-0.2, 0) is 14.3 Å². The van der Waals surface area contributed by atoms with Gasteiger partial charge in [0.2, 0.25) is 0 Å². The van der Waals surface area contributed by atoms with Crippen LogP contribution in [0.4, 0.5) is 4.39 Å². The molecule has 0 fully saturated rings. The van der Waals surface area contributed by atoms with Crippen LogP contribution in [0.5, 0.6) is 5.75 Å². The predicted octanol–water partition coefficient (Wildman–Crippen LogP) is 1.20. The number of hydrogen-bond acceptors (Lipinski definition) is 4. The smallest absolute Gasteiger partial charge is 0.331 e. The van der Waals surface area contributed by atoms with Gasteiger partial charge in [0, 0.05) is 13.2 Å². The number of carbonyl (C=O) groups is 2. The van der Waals surface area contributed by atoms with Gasteiger partial charge in [-0.05, 0) is 26.0 Å². The number of methoxy groups -OCH3 is 1. The minimum Gasteiger partial charge on any atom is -0.481 e. The lowest BCUT2D eigenvalue weighted by atomic mass is 10.0. The molecule has 21 heavy (non-hydrogen) atoms. The van der Waals surface area contributed by atoms with Gasteiger partial charge in [-0.15, -0.1) is 0 Å².